The van der Waals surface area contributed by atoms with Gasteiger partial charge in [-0.3, -0.25) is 4.79 Å². The number of ether oxygens (including phenoxy) is 1. The third-order valence-electron chi connectivity index (χ3n) is 5.96. The Kier molecular flexibility index (Phi) is 4.75. The highest BCUT2D eigenvalue weighted by atomic mass is 16.5. The molecule has 0 spiro atoms. The van der Waals surface area contributed by atoms with Crippen molar-refractivity contribution in [3.63, 3.8) is 0 Å². The van der Waals surface area contributed by atoms with Gasteiger partial charge in [0.15, 0.2) is 0 Å². The van der Waals surface area contributed by atoms with Crippen molar-refractivity contribution in [3.05, 3.63) is 53.7 Å². The molecule has 1 amide bonds. The second kappa shape index (κ2) is 7.57. The van der Waals surface area contributed by atoms with Crippen molar-refractivity contribution in [1.29, 1.82) is 0 Å². The summed E-state index contributed by atoms with van der Waals surface area (Å²) in [5, 5.41) is 4.09. The van der Waals surface area contributed by atoms with E-state index in [1.54, 1.807) is 7.11 Å². The SMILES string of the molecule is COc1ccc2cc(C(=O)N3CCCC(C4=CC(C)=NC5=NCNN45)C3)ccc2c1. The first-order valence-electron chi connectivity index (χ1n) is 10.3. The van der Waals surface area contributed by atoms with Crippen LogP contribution in [0.25, 0.3) is 10.8 Å². The molecule has 0 aromatic heterocycles. The molecule has 3 aliphatic rings. The summed E-state index contributed by atoms with van der Waals surface area (Å²) in [4.78, 5) is 24.2. The summed E-state index contributed by atoms with van der Waals surface area (Å²) in [6, 6.07) is 11.8. The summed E-state index contributed by atoms with van der Waals surface area (Å²) in [6.07, 6.45) is 4.14. The van der Waals surface area contributed by atoms with Crippen LogP contribution in [0.5, 0.6) is 5.75 Å². The molecule has 3 aliphatic heterocycles. The van der Waals surface area contributed by atoms with Crippen molar-refractivity contribution in [2.45, 2.75) is 19.8 Å². The van der Waals surface area contributed by atoms with Gasteiger partial charge in [0.05, 0.1) is 7.11 Å². The monoisotopic (exact) mass is 403 g/mol. The first-order chi connectivity index (χ1) is 14.6. The third kappa shape index (κ3) is 3.35. The lowest BCUT2D eigenvalue weighted by Gasteiger charge is -2.37. The zero-order chi connectivity index (χ0) is 20.7. The van der Waals surface area contributed by atoms with Crippen LogP contribution in [0.15, 0.2) is 58.2 Å². The molecule has 0 saturated carbocycles. The Morgan fingerprint density at radius 2 is 2.03 bits per heavy atom. The highest BCUT2D eigenvalue weighted by Crippen LogP contribution is 2.30. The number of methoxy groups -OCH3 is 1. The number of nitrogens with one attached hydrogen (secondary N) is 1. The molecule has 1 saturated heterocycles. The van der Waals surface area contributed by atoms with Gasteiger partial charge in [0, 0.05) is 36.0 Å². The van der Waals surface area contributed by atoms with E-state index in [0.29, 0.717) is 13.2 Å². The number of nitrogens with zero attached hydrogens (tertiary/aromatic N) is 4. The molecule has 30 heavy (non-hydrogen) atoms. The predicted molar refractivity (Wildman–Crippen MR) is 118 cm³/mol. The number of amides is 1. The molecule has 1 N–H and O–H groups in total. The largest absolute Gasteiger partial charge is 0.497 e. The number of hydrogen-bond acceptors (Lipinski definition) is 6. The first-order valence-corrected chi connectivity index (χ1v) is 10.3. The van der Waals surface area contributed by atoms with Gasteiger partial charge in [-0.05, 0) is 60.9 Å². The Bertz CT molecular complexity index is 1100. The number of fused-ring (bicyclic) bond motifs is 2. The van der Waals surface area contributed by atoms with Gasteiger partial charge in [-0.2, -0.15) is 0 Å². The first kappa shape index (κ1) is 18.8. The summed E-state index contributed by atoms with van der Waals surface area (Å²) in [7, 11) is 1.66. The van der Waals surface area contributed by atoms with Gasteiger partial charge in [-0.1, -0.05) is 12.1 Å². The third-order valence-corrected chi connectivity index (χ3v) is 5.96. The van der Waals surface area contributed by atoms with Crippen LogP contribution in [-0.4, -0.2) is 54.4 Å². The highest BCUT2D eigenvalue weighted by molar-refractivity contribution is 6.05. The molecule has 1 fully saturated rings. The maximum Gasteiger partial charge on any atom is 0.253 e. The van der Waals surface area contributed by atoms with Crippen molar-refractivity contribution in [2.75, 3.05) is 26.9 Å². The van der Waals surface area contributed by atoms with Gasteiger partial charge >= 0.3 is 0 Å². The van der Waals surface area contributed by atoms with Gasteiger partial charge in [-0.25, -0.2) is 20.4 Å². The Labute approximate surface area is 175 Å². The van der Waals surface area contributed by atoms with E-state index in [9.17, 15) is 4.79 Å². The fraction of sp³-hybridized carbons (Fsp3) is 0.348. The molecule has 7 heteroatoms. The number of rotatable bonds is 3. The number of hydrogen-bond donors (Lipinski definition) is 1. The van der Waals surface area contributed by atoms with Gasteiger partial charge in [-0.15, -0.1) is 0 Å². The van der Waals surface area contributed by atoms with E-state index in [1.807, 2.05) is 53.2 Å². The van der Waals surface area contributed by atoms with E-state index in [1.165, 1.54) is 0 Å². The summed E-state index contributed by atoms with van der Waals surface area (Å²) in [5.41, 5.74) is 6.11. The van der Waals surface area contributed by atoms with E-state index in [-0.39, 0.29) is 11.8 Å². The van der Waals surface area contributed by atoms with Crippen LogP contribution < -0.4 is 10.2 Å². The molecule has 7 nitrogen and oxygen atoms in total. The molecule has 0 bridgehead atoms. The van der Waals surface area contributed by atoms with E-state index >= 15 is 0 Å². The van der Waals surface area contributed by atoms with Crippen molar-refractivity contribution >= 4 is 28.4 Å². The summed E-state index contributed by atoms with van der Waals surface area (Å²) in [5.74, 6) is 1.88. The van der Waals surface area contributed by atoms with E-state index in [4.69, 9.17) is 4.74 Å². The average Bonchev–Trinajstić information content (AvgIpc) is 3.25. The van der Waals surface area contributed by atoms with Crippen molar-refractivity contribution in [1.82, 2.24) is 15.3 Å². The van der Waals surface area contributed by atoms with E-state index in [0.717, 1.165) is 58.8 Å². The maximum atomic E-state index is 13.3. The molecule has 0 radical (unpaired) electrons. The molecule has 1 unspecified atom stereocenters. The zero-order valence-corrected chi connectivity index (χ0v) is 17.3. The number of hydrazine groups is 1. The summed E-state index contributed by atoms with van der Waals surface area (Å²) >= 11 is 0. The van der Waals surface area contributed by atoms with E-state index < -0.39 is 0 Å². The molecular formula is C23H25N5O2. The van der Waals surface area contributed by atoms with Crippen LogP contribution in [0.3, 0.4) is 0 Å². The molecule has 5 rings (SSSR count). The minimum Gasteiger partial charge on any atom is -0.497 e. The normalized spacial score (nSPS) is 21.1. The second-order valence-corrected chi connectivity index (χ2v) is 7.95. The maximum absolute atomic E-state index is 13.3. The summed E-state index contributed by atoms with van der Waals surface area (Å²) < 4.78 is 5.30. The minimum atomic E-state index is 0.0856. The topological polar surface area (TPSA) is 69.5 Å². The minimum absolute atomic E-state index is 0.0856. The number of likely N-dealkylation sites (tertiary alicyclic amines) is 1. The van der Waals surface area contributed by atoms with Gasteiger partial charge in [0.2, 0.25) is 5.96 Å². The molecule has 2 aromatic rings. The number of piperidine rings is 1. The van der Waals surface area contributed by atoms with Crippen LogP contribution in [-0.2, 0) is 0 Å². The fourth-order valence-corrected chi connectivity index (χ4v) is 4.45. The van der Waals surface area contributed by atoms with Gasteiger partial charge in [0.1, 0.15) is 12.4 Å². The van der Waals surface area contributed by atoms with Gasteiger partial charge in [0.25, 0.3) is 5.91 Å². The number of guanidine groups is 1. The molecule has 154 valence electrons. The fourth-order valence-electron chi connectivity index (χ4n) is 4.45. The summed E-state index contributed by atoms with van der Waals surface area (Å²) in [6.45, 7) is 4.02. The number of carbonyl (C=O) groups is 1. The molecule has 0 aliphatic carbocycles. The molecule has 3 heterocycles. The Balaban J connectivity index is 1.37. The molecular weight excluding hydrogens is 378 g/mol. The van der Waals surface area contributed by atoms with Crippen LogP contribution in [0.4, 0.5) is 0 Å². The second-order valence-electron chi connectivity index (χ2n) is 7.95. The number of aliphatic imine (C=N–C) groups is 2. The lowest BCUT2D eigenvalue weighted by molar-refractivity contribution is 0.0679. The number of benzene rings is 2. The Morgan fingerprint density at radius 3 is 2.90 bits per heavy atom. The predicted octanol–water partition coefficient (Wildman–Crippen LogP) is 3.19. The van der Waals surface area contributed by atoms with Crippen molar-refractivity contribution in [3.8, 4) is 5.75 Å². The smallest absolute Gasteiger partial charge is 0.253 e. The zero-order valence-electron chi connectivity index (χ0n) is 17.3. The molecule has 1 atom stereocenters. The standard InChI is InChI=1S/C23H25N5O2/c1-15-10-21(28-23(26-15)24-14-25-28)19-4-3-9-27(13-19)22(29)18-6-5-17-12-20(30-2)8-7-16(17)11-18/h5-8,10-12,19,25H,3-4,9,13-14H2,1-2H3. The highest BCUT2D eigenvalue weighted by Gasteiger charge is 2.33. The number of allylic oxidation sites excluding steroid dienone is 1. The quantitative estimate of drug-likeness (QED) is 0.855. The molecule has 2 aromatic carbocycles. The lowest BCUT2D eigenvalue weighted by Crippen LogP contribution is -2.46. The lowest BCUT2D eigenvalue weighted by atomic mass is 9.92. The van der Waals surface area contributed by atoms with Crippen LogP contribution in [0.2, 0.25) is 0 Å². The van der Waals surface area contributed by atoms with Crippen molar-refractivity contribution < 1.29 is 9.53 Å². The van der Waals surface area contributed by atoms with Crippen LogP contribution >= 0.6 is 0 Å². The van der Waals surface area contributed by atoms with Crippen LogP contribution in [0.1, 0.15) is 30.1 Å². The Hall–Kier alpha value is -3.19. The van der Waals surface area contributed by atoms with Crippen molar-refractivity contribution in [2.24, 2.45) is 15.9 Å². The number of carbonyl (C=O) groups excluding carboxylic acids is 1. The Morgan fingerprint density at radius 1 is 1.20 bits per heavy atom. The van der Waals surface area contributed by atoms with Gasteiger partial charge < -0.3 is 9.64 Å². The van der Waals surface area contributed by atoms with Crippen LogP contribution in [0, 0.1) is 5.92 Å². The average molecular weight is 403 g/mol. The van der Waals surface area contributed by atoms with E-state index in [2.05, 4.69) is 21.5 Å².